The number of alkyl halides is 1. The molecule has 0 aliphatic rings. The standard InChI is InChI=1S/C7H16IN/c1-9(2)7-5-3-4-6-8/h3-7H2,1-2H3/p+1. The van der Waals surface area contributed by atoms with Crippen LogP contribution in [-0.4, -0.2) is 25.1 Å². The Balaban J connectivity index is 2.75. The van der Waals surface area contributed by atoms with Crippen molar-refractivity contribution < 1.29 is 4.90 Å². The van der Waals surface area contributed by atoms with Crippen molar-refractivity contribution in [2.24, 2.45) is 0 Å². The van der Waals surface area contributed by atoms with Gasteiger partial charge in [-0.15, -0.1) is 0 Å². The lowest BCUT2D eigenvalue weighted by atomic mass is 10.2. The van der Waals surface area contributed by atoms with E-state index in [1.165, 1.54) is 30.2 Å². The zero-order chi connectivity index (χ0) is 7.11. The number of hydrogen-bond acceptors (Lipinski definition) is 0. The van der Waals surface area contributed by atoms with Gasteiger partial charge in [-0.2, -0.15) is 0 Å². The van der Waals surface area contributed by atoms with E-state index in [2.05, 4.69) is 36.7 Å². The zero-order valence-corrected chi connectivity index (χ0v) is 8.57. The molecule has 2 heteroatoms. The van der Waals surface area contributed by atoms with Crippen LogP contribution in [0.5, 0.6) is 0 Å². The number of rotatable bonds is 5. The molecule has 0 saturated heterocycles. The van der Waals surface area contributed by atoms with Gasteiger partial charge in [-0.25, -0.2) is 0 Å². The number of halogens is 1. The summed E-state index contributed by atoms with van der Waals surface area (Å²) in [6.07, 6.45) is 4.20. The van der Waals surface area contributed by atoms with Crippen LogP contribution in [0.2, 0.25) is 0 Å². The maximum absolute atomic E-state index is 2.44. The van der Waals surface area contributed by atoms with Crippen LogP contribution in [-0.2, 0) is 0 Å². The second-order valence-electron chi connectivity index (χ2n) is 2.71. The molecule has 9 heavy (non-hydrogen) atoms. The van der Waals surface area contributed by atoms with E-state index in [0.717, 1.165) is 0 Å². The Hall–Kier alpha value is 0.690. The Morgan fingerprint density at radius 3 is 2.22 bits per heavy atom. The SMILES string of the molecule is C[NH+](C)CCCCCI. The van der Waals surface area contributed by atoms with Gasteiger partial charge in [0.05, 0.1) is 20.6 Å². The first-order chi connectivity index (χ1) is 4.27. The molecule has 0 rings (SSSR count). The zero-order valence-electron chi connectivity index (χ0n) is 6.41. The van der Waals surface area contributed by atoms with Crippen LogP contribution in [0.3, 0.4) is 0 Å². The summed E-state index contributed by atoms with van der Waals surface area (Å²) in [5.74, 6) is 0. The lowest BCUT2D eigenvalue weighted by Gasteiger charge is -2.04. The van der Waals surface area contributed by atoms with Gasteiger partial charge in [-0.05, 0) is 23.7 Å². The summed E-state index contributed by atoms with van der Waals surface area (Å²) in [6, 6.07) is 0. The summed E-state index contributed by atoms with van der Waals surface area (Å²) in [7, 11) is 4.42. The summed E-state index contributed by atoms with van der Waals surface area (Å²) >= 11 is 2.44. The highest BCUT2D eigenvalue weighted by Crippen LogP contribution is 1.96. The van der Waals surface area contributed by atoms with E-state index in [9.17, 15) is 0 Å². The van der Waals surface area contributed by atoms with Gasteiger partial charge in [0.1, 0.15) is 0 Å². The van der Waals surface area contributed by atoms with Gasteiger partial charge in [0, 0.05) is 0 Å². The summed E-state index contributed by atoms with van der Waals surface area (Å²) in [5.41, 5.74) is 0. The predicted octanol–water partition coefficient (Wildman–Crippen LogP) is 0.736. The number of quaternary nitrogens is 1. The highest BCUT2D eigenvalue weighted by Gasteiger charge is 1.91. The first-order valence-electron chi connectivity index (χ1n) is 3.62. The molecule has 0 fully saturated rings. The van der Waals surface area contributed by atoms with Gasteiger partial charge < -0.3 is 4.90 Å². The van der Waals surface area contributed by atoms with E-state index in [1.54, 1.807) is 4.90 Å². The van der Waals surface area contributed by atoms with E-state index in [0.29, 0.717) is 0 Å². The van der Waals surface area contributed by atoms with Gasteiger partial charge in [0.2, 0.25) is 0 Å². The van der Waals surface area contributed by atoms with Crippen molar-refractivity contribution in [3.05, 3.63) is 0 Å². The van der Waals surface area contributed by atoms with Crippen LogP contribution in [0.25, 0.3) is 0 Å². The number of hydrogen-bond donors (Lipinski definition) is 1. The molecule has 0 amide bonds. The molecule has 0 unspecified atom stereocenters. The lowest BCUT2D eigenvalue weighted by molar-refractivity contribution is -0.858. The fourth-order valence-corrected chi connectivity index (χ4v) is 1.29. The molecule has 0 aromatic rings. The molecular formula is C7H17IN+. The number of nitrogens with one attached hydrogen (secondary N) is 1. The summed E-state index contributed by atoms with van der Waals surface area (Å²) < 4.78 is 1.32. The maximum atomic E-state index is 2.44. The van der Waals surface area contributed by atoms with Crippen LogP contribution in [0.4, 0.5) is 0 Å². The molecule has 0 saturated carbocycles. The molecule has 0 aromatic heterocycles. The molecule has 0 aromatic carbocycles. The summed E-state index contributed by atoms with van der Waals surface area (Å²) in [5, 5.41) is 0. The second kappa shape index (κ2) is 6.81. The molecule has 0 aliphatic carbocycles. The van der Waals surface area contributed by atoms with Gasteiger partial charge in [-0.1, -0.05) is 22.6 Å². The molecule has 56 valence electrons. The smallest absolute Gasteiger partial charge is 0.0766 e. The minimum atomic E-state index is 1.32. The Bertz CT molecular complexity index is 54.9. The van der Waals surface area contributed by atoms with Gasteiger partial charge in [-0.3, -0.25) is 0 Å². The van der Waals surface area contributed by atoms with Crippen LogP contribution >= 0.6 is 22.6 Å². The van der Waals surface area contributed by atoms with Crippen molar-refractivity contribution in [1.29, 1.82) is 0 Å². The third-order valence-electron chi connectivity index (χ3n) is 1.31. The average molecular weight is 242 g/mol. The molecule has 0 atom stereocenters. The molecule has 1 N–H and O–H groups in total. The van der Waals surface area contributed by atoms with Crippen molar-refractivity contribution in [3.8, 4) is 0 Å². The monoisotopic (exact) mass is 242 g/mol. The third kappa shape index (κ3) is 8.69. The van der Waals surface area contributed by atoms with E-state index < -0.39 is 0 Å². The quantitative estimate of drug-likeness (QED) is 0.412. The van der Waals surface area contributed by atoms with Gasteiger partial charge >= 0.3 is 0 Å². The van der Waals surface area contributed by atoms with Crippen LogP contribution < -0.4 is 4.90 Å². The fourth-order valence-electron chi connectivity index (χ4n) is 0.750. The Morgan fingerprint density at radius 2 is 1.78 bits per heavy atom. The summed E-state index contributed by atoms with van der Waals surface area (Å²) in [6.45, 7) is 1.33. The van der Waals surface area contributed by atoms with Crippen molar-refractivity contribution in [2.45, 2.75) is 19.3 Å². The van der Waals surface area contributed by atoms with Crippen molar-refractivity contribution in [2.75, 3.05) is 25.1 Å². The summed E-state index contributed by atoms with van der Waals surface area (Å²) in [4.78, 5) is 1.57. The largest absolute Gasteiger partial charge is 0.340 e. The lowest BCUT2D eigenvalue weighted by Crippen LogP contribution is -3.05. The van der Waals surface area contributed by atoms with E-state index >= 15 is 0 Å². The van der Waals surface area contributed by atoms with Crippen LogP contribution in [0, 0.1) is 0 Å². The number of unbranched alkanes of at least 4 members (excludes halogenated alkanes) is 2. The van der Waals surface area contributed by atoms with Crippen LogP contribution in [0.15, 0.2) is 0 Å². The van der Waals surface area contributed by atoms with E-state index in [4.69, 9.17) is 0 Å². The highest BCUT2D eigenvalue weighted by atomic mass is 127. The molecule has 0 radical (unpaired) electrons. The van der Waals surface area contributed by atoms with E-state index in [-0.39, 0.29) is 0 Å². The fraction of sp³-hybridized carbons (Fsp3) is 1.00. The molecule has 1 nitrogen and oxygen atoms in total. The van der Waals surface area contributed by atoms with Gasteiger partial charge in [0.25, 0.3) is 0 Å². The average Bonchev–Trinajstić information content (AvgIpc) is 1.80. The minimum absolute atomic E-state index is 1.32. The first kappa shape index (κ1) is 9.69. The molecular weight excluding hydrogens is 225 g/mol. The highest BCUT2D eigenvalue weighted by molar-refractivity contribution is 14.1. The third-order valence-corrected chi connectivity index (χ3v) is 2.07. The Morgan fingerprint density at radius 1 is 1.11 bits per heavy atom. The Labute approximate surface area is 72.0 Å². The second-order valence-corrected chi connectivity index (χ2v) is 3.79. The molecule has 0 aliphatic heterocycles. The maximum Gasteiger partial charge on any atom is 0.0766 e. The van der Waals surface area contributed by atoms with E-state index in [1.807, 2.05) is 0 Å². The molecule has 0 heterocycles. The first-order valence-corrected chi connectivity index (χ1v) is 5.15. The van der Waals surface area contributed by atoms with Crippen LogP contribution in [0.1, 0.15) is 19.3 Å². The van der Waals surface area contributed by atoms with Gasteiger partial charge in [0.15, 0.2) is 0 Å². The predicted molar refractivity (Wildman–Crippen MR) is 50.4 cm³/mol. The van der Waals surface area contributed by atoms with Crippen molar-refractivity contribution >= 4 is 22.6 Å². The van der Waals surface area contributed by atoms with Crippen molar-refractivity contribution in [3.63, 3.8) is 0 Å². The van der Waals surface area contributed by atoms with Crippen molar-refractivity contribution in [1.82, 2.24) is 0 Å². The Kier molecular flexibility index (Phi) is 7.33. The molecule has 0 spiro atoms. The normalized spacial score (nSPS) is 10.7. The molecule has 0 bridgehead atoms. The minimum Gasteiger partial charge on any atom is -0.340 e. The topological polar surface area (TPSA) is 4.44 Å².